The number of benzene rings is 2. The molecule has 33 heavy (non-hydrogen) atoms. The maximum Gasteiger partial charge on any atom is 0.282 e. The Morgan fingerprint density at radius 3 is 2.24 bits per heavy atom. The quantitative estimate of drug-likeness (QED) is 0.576. The minimum atomic E-state index is -0.315. The molecular formula is C26H31N3O4. The first-order valence-electron chi connectivity index (χ1n) is 11.6. The monoisotopic (exact) mass is 449 g/mol. The highest BCUT2D eigenvalue weighted by atomic mass is 16.5. The van der Waals surface area contributed by atoms with Crippen molar-refractivity contribution in [3.8, 4) is 11.5 Å². The summed E-state index contributed by atoms with van der Waals surface area (Å²) >= 11 is 0. The molecule has 2 heterocycles. The lowest BCUT2D eigenvalue weighted by Gasteiger charge is -2.34. The molecule has 0 N–H and O–H groups in total. The zero-order valence-electron chi connectivity index (χ0n) is 19.5. The minimum absolute atomic E-state index is 0.292. The average molecular weight is 450 g/mol. The van der Waals surface area contributed by atoms with Crippen molar-refractivity contribution in [2.24, 2.45) is 0 Å². The number of anilines is 1. The molecule has 1 fully saturated rings. The van der Waals surface area contributed by atoms with E-state index in [0.29, 0.717) is 49.0 Å². The Balaban J connectivity index is 1.73. The first-order chi connectivity index (χ1) is 16.0. The number of imide groups is 1. The molecule has 0 aromatic heterocycles. The van der Waals surface area contributed by atoms with Gasteiger partial charge in [-0.2, -0.15) is 0 Å². The van der Waals surface area contributed by atoms with Gasteiger partial charge >= 0.3 is 0 Å². The topological polar surface area (TPSA) is 62.3 Å². The zero-order valence-corrected chi connectivity index (χ0v) is 19.5. The molecule has 0 atom stereocenters. The molecule has 0 unspecified atom stereocenters. The van der Waals surface area contributed by atoms with Crippen LogP contribution < -0.4 is 14.4 Å². The Bertz CT molecular complexity index is 1040. The van der Waals surface area contributed by atoms with Gasteiger partial charge in [-0.25, -0.2) is 4.90 Å². The lowest BCUT2D eigenvalue weighted by atomic mass is 10.0. The highest BCUT2D eigenvalue weighted by molar-refractivity contribution is 6.45. The van der Waals surface area contributed by atoms with E-state index < -0.39 is 0 Å². The lowest BCUT2D eigenvalue weighted by molar-refractivity contribution is -0.120. The second-order valence-corrected chi connectivity index (χ2v) is 8.26. The largest absolute Gasteiger partial charge is 0.494 e. The Morgan fingerprint density at radius 2 is 1.58 bits per heavy atom. The van der Waals surface area contributed by atoms with Gasteiger partial charge in [-0.3, -0.25) is 9.59 Å². The predicted molar refractivity (Wildman–Crippen MR) is 128 cm³/mol. The normalized spacial score (nSPS) is 17.2. The summed E-state index contributed by atoms with van der Waals surface area (Å²) in [5, 5.41) is 0. The molecule has 0 bridgehead atoms. The van der Waals surface area contributed by atoms with Crippen molar-refractivity contribution >= 4 is 23.1 Å². The average Bonchev–Trinajstić information content (AvgIpc) is 3.09. The van der Waals surface area contributed by atoms with E-state index in [0.717, 1.165) is 30.8 Å². The second-order valence-electron chi connectivity index (χ2n) is 8.26. The first-order valence-corrected chi connectivity index (χ1v) is 11.6. The van der Waals surface area contributed by atoms with Crippen LogP contribution in [0, 0.1) is 0 Å². The van der Waals surface area contributed by atoms with Gasteiger partial charge in [0.25, 0.3) is 11.8 Å². The number of likely N-dealkylation sites (N-methyl/N-ethyl adjacent to an activating group) is 1. The summed E-state index contributed by atoms with van der Waals surface area (Å²) in [7, 11) is 2.06. The van der Waals surface area contributed by atoms with Gasteiger partial charge in [-0.05, 0) is 50.2 Å². The summed E-state index contributed by atoms with van der Waals surface area (Å²) in [5.74, 6) is 0.771. The number of hydrogen-bond acceptors (Lipinski definition) is 6. The molecule has 2 aromatic rings. The van der Waals surface area contributed by atoms with Gasteiger partial charge in [0.2, 0.25) is 0 Å². The Morgan fingerprint density at radius 1 is 0.848 bits per heavy atom. The third-order valence-electron chi connectivity index (χ3n) is 5.88. The Labute approximate surface area is 195 Å². The highest BCUT2D eigenvalue weighted by Gasteiger charge is 2.43. The van der Waals surface area contributed by atoms with E-state index in [9.17, 15) is 9.59 Å². The standard InChI is InChI=1S/C26H31N3O4/c1-4-17-33-21-11-9-19(10-12-21)23-24(28-15-13-27(3)14-16-28)26(31)29(25(23)30)20-7-6-8-22(18-20)32-5-2/h6-12,18H,4-5,13-17H2,1-3H3. The highest BCUT2D eigenvalue weighted by Crippen LogP contribution is 2.36. The van der Waals surface area contributed by atoms with Gasteiger partial charge in [-0.15, -0.1) is 0 Å². The third-order valence-corrected chi connectivity index (χ3v) is 5.88. The molecule has 0 spiro atoms. The smallest absolute Gasteiger partial charge is 0.282 e. The summed E-state index contributed by atoms with van der Waals surface area (Å²) in [5.41, 5.74) is 2.14. The van der Waals surface area contributed by atoms with E-state index in [-0.39, 0.29) is 11.8 Å². The fourth-order valence-corrected chi connectivity index (χ4v) is 4.15. The molecule has 2 aromatic carbocycles. The fraction of sp³-hybridized carbons (Fsp3) is 0.385. The maximum atomic E-state index is 13.7. The minimum Gasteiger partial charge on any atom is -0.494 e. The van der Waals surface area contributed by atoms with Crippen molar-refractivity contribution in [3.63, 3.8) is 0 Å². The molecule has 2 amide bonds. The molecule has 0 radical (unpaired) electrons. The molecular weight excluding hydrogens is 418 g/mol. The van der Waals surface area contributed by atoms with Crippen LogP contribution in [0.3, 0.4) is 0 Å². The SMILES string of the molecule is CCCOc1ccc(C2=C(N3CCN(C)CC3)C(=O)N(c3cccc(OCC)c3)C2=O)cc1. The summed E-state index contributed by atoms with van der Waals surface area (Å²) in [6.45, 7) is 8.16. The number of hydrogen-bond donors (Lipinski definition) is 0. The van der Waals surface area contributed by atoms with Gasteiger partial charge in [-0.1, -0.05) is 25.1 Å². The van der Waals surface area contributed by atoms with Crippen molar-refractivity contribution in [2.45, 2.75) is 20.3 Å². The van der Waals surface area contributed by atoms with Crippen LogP contribution in [0.2, 0.25) is 0 Å². The number of piperazine rings is 1. The van der Waals surface area contributed by atoms with E-state index >= 15 is 0 Å². The van der Waals surface area contributed by atoms with Crippen LogP contribution in [0.5, 0.6) is 11.5 Å². The van der Waals surface area contributed by atoms with Crippen LogP contribution in [0.1, 0.15) is 25.8 Å². The molecule has 4 rings (SSSR count). The van der Waals surface area contributed by atoms with Crippen molar-refractivity contribution in [2.75, 3.05) is 51.3 Å². The Hall–Kier alpha value is -3.32. The van der Waals surface area contributed by atoms with E-state index in [1.165, 1.54) is 4.90 Å². The molecule has 2 aliphatic heterocycles. The third kappa shape index (κ3) is 4.73. The zero-order chi connectivity index (χ0) is 23.4. The van der Waals surface area contributed by atoms with E-state index in [2.05, 4.69) is 18.9 Å². The molecule has 7 heteroatoms. The van der Waals surface area contributed by atoms with Crippen LogP contribution in [-0.2, 0) is 9.59 Å². The van der Waals surface area contributed by atoms with Crippen LogP contribution >= 0.6 is 0 Å². The summed E-state index contributed by atoms with van der Waals surface area (Å²) < 4.78 is 11.3. The summed E-state index contributed by atoms with van der Waals surface area (Å²) in [6, 6.07) is 14.6. The maximum absolute atomic E-state index is 13.7. The number of carbonyl (C=O) groups excluding carboxylic acids is 2. The lowest BCUT2D eigenvalue weighted by Crippen LogP contribution is -2.46. The molecule has 0 saturated carbocycles. The van der Waals surface area contributed by atoms with Crippen LogP contribution in [0.25, 0.3) is 5.57 Å². The van der Waals surface area contributed by atoms with Crippen LogP contribution in [-0.4, -0.2) is 68.1 Å². The van der Waals surface area contributed by atoms with Gasteiger partial charge in [0, 0.05) is 32.2 Å². The fourth-order valence-electron chi connectivity index (χ4n) is 4.15. The number of carbonyl (C=O) groups is 2. The molecule has 7 nitrogen and oxygen atoms in total. The van der Waals surface area contributed by atoms with Crippen molar-refractivity contribution in [1.82, 2.24) is 9.80 Å². The van der Waals surface area contributed by atoms with E-state index in [1.54, 1.807) is 18.2 Å². The summed E-state index contributed by atoms with van der Waals surface area (Å²) in [6.07, 6.45) is 0.920. The van der Waals surface area contributed by atoms with Crippen molar-refractivity contribution < 1.29 is 19.1 Å². The van der Waals surface area contributed by atoms with Gasteiger partial charge in [0.15, 0.2) is 0 Å². The van der Waals surface area contributed by atoms with Crippen LogP contribution in [0.15, 0.2) is 54.2 Å². The van der Waals surface area contributed by atoms with Crippen molar-refractivity contribution in [3.05, 3.63) is 59.8 Å². The summed E-state index contributed by atoms with van der Waals surface area (Å²) in [4.78, 5) is 32.9. The molecule has 174 valence electrons. The van der Waals surface area contributed by atoms with E-state index in [1.807, 2.05) is 42.2 Å². The van der Waals surface area contributed by atoms with Gasteiger partial charge < -0.3 is 19.3 Å². The predicted octanol–water partition coefficient (Wildman–Crippen LogP) is 3.41. The van der Waals surface area contributed by atoms with Gasteiger partial charge in [0.05, 0.1) is 24.5 Å². The first kappa shape index (κ1) is 22.9. The Kier molecular flexibility index (Phi) is 6.99. The van der Waals surface area contributed by atoms with Crippen molar-refractivity contribution in [1.29, 1.82) is 0 Å². The van der Waals surface area contributed by atoms with E-state index in [4.69, 9.17) is 9.47 Å². The van der Waals surface area contributed by atoms with Crippen LogP contribution in [0.4, 0.5) is 5.69 Å². The van der Waals surface area contributed by atoms with Gasteiger partial charge in [0.1, 0.15) is 17.2 Å². The number of amides is 2. The number of rotatable bonds is 8. The number of nitrogens with zero attached hydrogens (tertiary/aromatic N) is 3. The number of ether oxygens (including phenoxy) is 2. The molecule has 0 aliphatic carbocycles. The molecule has 2 aliphatic rings. The molecule has 1 saturated heterocycles. The second kappa shape index (κ2) is 10.1.